The maximum absolute atomic E-state index is 12.9. The van der Waals surface area contributed by atoms with E-state index in [-0.39, 0.29) is 10.6 Å². The van der Waals surface area contributed by atoms with Crippen molar-refractivity contribution in [2.75, 3.05) is 23.7 Å². The number of rotatable bonds is 4. The molecule has 0 aliphatic heterocycles. The fourth-order valence-electron chi connectivity index (χ4n) is 2.67. The minimum absolute atomic E-state index is 0.0835. The summed E-state index contributed by atoms with van der Waals surface area (Å²) in [6.45, 7) is 3.75. The Morgan fingerprint density at radius 2 is 1.92 bits per heavy atom. The predicted molar refractivity (Wildman–Crippen MR) is 109 cm³/mol. The van der Waals surface area contributed by atoms with E-state index in [9.17, 15) is 9.32 Å². The van der Waals surface area contributed by atoms with Crippen LogP contribution in [0.15, 0.2) is 41.3 Å². The molecule has 2 aromatic carbocycles. The van der Waals surface area contributed by atoms with Gasteiger partial charge in [-0.05, 0) is 55.3 Å². The molecule has 3 aromatic rings. The molecule has 0 aliphatic rings. The first-order chi connectivity index (χ1) is 12.3. The molecule has 0 radical (unpaired) electrons. The van der Waals surface area contributed by atoms with Crippen molar-refractivity contribution in [3.8, 4) is 5.75 Å². The summed E-state index contributed by atoms with van der Waals surface area (Å²) in [5, 5.41) is 12.1. The fraction of sp³-hybridized carbons (Fsp3) is 0.211. The molecule has 26 heavy (non-hydrogen) atoms. The number of hydrogen-bond donors (Lipinski definition) is 2. The highest BCUT2D eigenvalue weighted by Crippen LogP contribution is 2.34. The zero-order chi connectivity index (χ0) is 19.0. The van der Waals surface area contributed by atoms with E-state index < -0.39 is 11.0 Å². The van der Waals surface area contributed by atoms with Crippen LogP contribution in [-0.4, -0.2) is 28.4 Å². The minimum Gasteiger partial charge on any atom is -0.504 e. The van der Waals surface area contributed by atoms with Gasteiger partial charge in [0, 0.05) is 24.5 Å². The minimum atomic E-state index is -1.66. The van der Waals surface area contributed by atoms with Crippen LogP contribution in [0.3, 0.4) is 0 Å². The molecule has 1 heterocycles. The number of phenolic OH excluding ortho intramolecular Hbond substituents is 1. The standard InChI is InChI=1S/C19H20ClN3O2S/c1-11-10-16(26(25)22-15-7-5-6-14(20)12(15)2)19(24)18-13(11)8-9-17(21-18)23(3)4/h5-10,22,24H,1-4H3. The van der Waals surface area contributed by atoms with Gasteiger partial charge in [0.05, 0.1) is 5.69 Å². The maximum Gasteiger partial charge on any atom is 0.159 e. The van der Waals surface area contributed by atoms with Crippen LogP contribution in [0.25, 0.3) is 10.9 Å². The largest absolute Gasteiger partial charge is 0.504 e. The van der Waals surface area contributed by atoms with Crippen LogP contribution in [-0.2, 0) is 11.0 Å². The Labute approximate surface area is 160 Å². The van der Waals surface area contributed by atoms with Crippen molar-refractivity contribution in [2.45, 2.75) is 18.7 Å². The molecule has 0 spiro atoms. The third-order valence-corrected chi connectivity index (χ3v) is 5.76. The number of aromatic nitrogens is 1. The molecule has 0 amide bonds. The predicted octanol–water partition coefficient (Wildman–Crippen LogP) is 4.41. The highest BCUT2D eigenvalue weighted by molar-refractivity contribution is 7.86. The molecule has 1 aromatic heterocycles. The van der Waals surface area contributed by atoms with Crippen LogP contribution >= 0.6 is 11.6 Å². The van der Waals surface area contributed by atoms with Crippen molar-refractivity contribution in [1.29, 1.82) is 0 Å². The van der Waals surface area contributed by atoms with Crippen LogP contribution in [0.1, 0.15) is 11.1 Å². The molecule has 3 rings (SSSR count). The van der Waals surface area contributed by atoms with Crippen LogP contribution in [0.5, 0.6) is 5.75 Å². The van der Waals surface area contributed by atoms with Gasteiger partial charge in [-0.25, -0.2) is 9.19 Å². The van der Waals surface area contributed by atoms with Gasteiger partial charge >= 0.3 is 0 Å². The quantitative estimate of drug-likeness (QED) is 0.693. The van der Waals surface area contributed by atoms with E-state index in [1.807, 2.05) is 45.0 Å². The highest BCUT2D eigenvalue weighted by atomic mass is 35.5. The molecule has 1 unspecified atom stereocenters. The monoisotopic (exact) mass is 389 g/mol. The molecule has 7 heteroatoms. The summed E-state index contributed by atoms with van der Waals surface area (Å²) in [4.78, 5) is 6.65. The lowest BCUT2D eigenvalue weighted by molar-refractivity contribution is 0.466. The normalized spacial score (nSPS) is 12.2. The Morgan fingerprint density at radius 1 is 1.19 bits per heavy atom. The van der Waals surface area contributed by atoms with E-state index in [1.165, 1.54) is 0 Å². The summed E-state index contributed by atoms with van der Waals surface area (Å²) in [7, 11) is 2.10. The van der Waals surface area contributed by atoms with Gasteiger partial charge in [-0.2, -0.15) is 0 Å². The number of anilines is 2. The third-order valence-electron chi connectivity index (χ3n) is 4.24. The lowest BCUT2D eigenvalue weighted by atomic mass is 10.1. The first-order valence-corrected chi connectivity index (χ1v) is 9.56. The topological polar surface area (TPSA) is 65.5 Å². The van der Waals surface area contributed by atoms with Crippen molar-refractivity contribution >= 4 is 45.0 Å². The van der Waals surface area contributed by atoms with Gasteiger partial charge in [-0.15, -0.1) is 0 Å². The van der Waals surface area contributed by atoms with E-state index in [4.69, 9.17) is 11.6 Å². The fourth-order valence-corrected chi connectivity index (χ4v) is 3.93. The van der Waals surface area contributed by atoms with Crippen LogP contribution in [0, 0.1) is 13.8 Å². The SMILES string of the molecule is Cc1c(Cl)cccc1NS(=O)c1cc(C)c2ccc(N(C)C)nc2c1O. The van der Waals surface area contributed by atoms with Gasteiger partial charge in [0.15, 0.2) is 16.7 Å². The van der Waals surface area contributed by atoms with Gasteiger partial charge in [0.2, 0.25) is 0 Å². The Morgan fingerprint density at radius 3 is 2.62 bits per heavy atom. The first kappa shape index (κ1) is 18.5. The molecule has 0 bridgehead atoms. The third kappa shape index (κ3) is 3.34. The Hall–Kier alpha value is -2.31. The second kappa shape index (κ2) is 7.13. The number of nitrogens with zero attached hydrogens (tertiary/aromatic N) is 2. The summed E-state index contributed by atoms with van der Waals surface area (Å²) >= 11 is 6.12. The van der Waals surface area contributed by atoms with Crippen LogP contribution < -0.4 is 9.62 Å². The Bertz CT molecular complexity index is 1020. The summed E-state index contributed by atoms with van der Waals surface area (Å²) in [5.74, 6) is 0.633. The van der Waals surface area contributed by atoms with Gasteiger partial charge < -0.3 is 14.7 Å². The summed E-state index contributed by atoms with van der Waals surface area (Å²) < 4.78 is 15.8. The van der Waals surface area contributed by atoms with Crippen molar-refractivity contribution in [2.24, 2.45) is 0 Å². The molecule has 2 N–H and O–H groups in total. The van der Waals surface area contributed by atoms with E-state index >= 15 is 0 Å². The van der Waals surface area contributed by atoms with E-state index in [0.717, 1.165) is 16.5 Å². The van der Waals surface area contributed by atoms with Gasteiger partial charge in [0.1, 0.15) is 16.2 Å². The van der Waals surface area contributed by atoms with Crippen LogP contribution in [0.2, 0.25) is 5.02 Å². The van der Waals surface area contributed by atoms with Gasteiger partial charge in [0.25, 0.3) is 0 Å². The summed E-state index contributed by atoms with van der Waals surface area (Å²) in [6.07, 6.45) is 0. The van der Waals surface area contributed by atoms with Crippen LogP contribution in [0.4, 0.5) is 11.5 Å². The van der Waals surface area contributed by atoms with E-state index in [0.29, 0.717) is 22.0 Å². The Balaban J connectivity index is 2.08. The zero-order valence-electron chi connectivity index (χ0n) is 15.0. The number of pyridine rings is 1. The maximum atomic E-state index is 12.9. The number of nitrogens with one attached hydrogen (secondary N) is 1. The lowest BCUT2D eigenvalue weighted by Crippen LogP contribution is -2.11. The number of phenols is 1. The molecule has 5 nitrogen and oxygen atoms in total. The molecule has 0 aliphatic carbocycles. The molecule has 1 atom stereocenters. The van der Waals surface area contributed by atoms with Gasteiger partial charge in [-0.3, -0.25) is 0 Å². The molecular formula is C19H20ClN3O2S. The zero-order valence-corrected chi connectivity index (χ0v) is 16.6. The average molecular weight is 390 g/mol. The molecule has 0 saturated carbocycles. The second-order valence-corrected chi connectivity index (χ2v) is 7.87. The molecule has 0 fully saturated rings. The second-order valence-electron chi connectivity index (χ2n) is 6.28. The lowest BCUT2D eigenvalue weighted by Gasteiger charge is -2.15. The molecule has 0 saturated heterocycles. The smallest absolute Gasteiger partial charge is 0.159 e. The Kier molecular flexibility index (Phi) is 5.07. The number of hydrogen-bond acceptors (Lipinski definition) is 4. The van der Waals surface area contributed by atoms with Crippen molar-refractivity contribution in [3.63, 3.8) is 0 Å². The number of halogens is 1. The summed E-state index contributed by atoms with van der Waals surface area (Å²) in [5.41, 5.74) is 2.78. The van der Waals surface area contributed by atoms with E-state index in [2.05, 4.69) is 9.71 Å². The number of aryl methyl sites for hydroxylation is 1. The molecular weight excluding hydrogens is 370 g/mol. The first-order valence-electron chi connectivity index (χ1n) is 8.03. The average Bonchev–Trinajstić information content (AvgIpc) is 2.61. The molecule has 136 valence electrons. The highest BCUT2D eigenvalue weighted by Gasteiger charge is 2.18. The summed E-state index contributed by atoms with van der Waals surface area (Å²) in [6, 6.07) is 10.9. The van der Waals surface area contributed by atoms with Crippen molar-refractivity contribution in [3.05, 3.63) is 52.5 Å². The number of fused-ring (bicyclic) bond motifs is 1. The van der Waals surface area contributed by atoms with Crippen molar-refractivity contribution < 1.29 is 9.32 Å². The van der Waals surface area contributed by atoms with Crippen molar-refractivity contribution in [1.82, 2.24) is 4.98 Å². The van der Waals surface area contributed by atoms with E-state index in [1.54, 1.807) is 24.3 Å². The number of aromatic hydroxyl groups is 1. The number of benzene rings is 2. The van der Waals surface area contributed by atoms with Gasteiger partial charge in [-0.1, -0.05) is 17.7 Å².